The van der Waals surface area contributed by atoms with Crippen LogP contribution in [0.25, 0.3) is 17.0 Å². The second-order valence-corrected chi connectivity index (χ2v) is 8.65. The number of methoxy groups -OCH3 is 2. The zero-order valence-electron chi connectivity index (χ0n) is 20.0. The van der Waals surface area contributed by atoms with Crippen LogP contribution in [0.5, 0.6) is 11.5 Å². The Kier molecular flexibility index (Phi) is 7.11. The Morgan fingerprint density at radius 1 is 1.06 bits per heavy atom. The summed E-state index contributed by atoms with van der Waals surface area (Å²) in [4.78, 5) is 43.4. The largest absolute Gasteiger partial charge is 0.497 e. The van der Waals surface area contributed by atoms with Crippen molar-refractivity contribution < 1.29 is 19.1 Å². The van der Waals surface area contributed by atoms with Crippen molar-refractivity contribution in [2.45, 2.75) is 11.6 Å². The average molecular weight is 495 g/mol. The van der Waals surface area contributed by atoms with E-state index in [0.717, 1.165) is 0 Å². The van der Waals surface area contributed by atoms with Crippen molar-refractivity contribution in [3.8, 4) is 11.5 Å². The number of aromatic nitrogens is 2. The molecule has 0 bridgehead atoms. The molecule has 0 atom stereocenters. The predicted octanol–water partition coefficient (Wildman–Crippen LogP) is 2.98. The van der Waals surface area contributed by atoms with Gasteiger partial charge in [-0.25, -0.2) is 15.0 Å². The first-order chi connectivity index (χ1) is 16.9. The molecule has 4 rings (SSSR count). The summed E-state index contributed by atoms with van der Waals surface area (Å²) in [6, 6.07) is 10.1. The summed E-state index contributed by atoms with van der Waals surface area (Å²) in [6.07, 6.45) is 5.56. The lowest BCUT2D eigenvalue weighted by Crippen LogP contribution is -2.44. The summed E-state index contributed by atoms with van der Waals surface area (Å²) >= 11 is 1.36. The number of nitrogens with zero attached hydrogens (tertiary/aromatic N) is 4. The number of ether oxygens (including phenoxy) is 2. The summed E-state index contributed by atoms with van der Waals surface area (Å²) in [7, 11) is 4.79. The van der Waals surface area contributed by atoms with E-state index in [1.54, 1.807) is 63.7 Å². The summed E-state index contributed by atoms with van der Waals surface area (Å²) in [6.45, 7) is 0.839. The van der Waals surface area contributed by atoms with Crippen LogP contribution in [0.2, 0.25) is 0 Å². The third kappa shape index (κ3) is 4.74. The predicted molar refractivity (Wildman–Crippen MR) is 135 cm³/mol. The molecule has 1 aromatic heterocycles. The van der Waals surface area contributed by atoms with E-state index in [1.165, 1.54) is 32.4 Å². The van der Waals surface area contributed by atoms with Crippen molar-refractivity contribution in [1.82, 2.24) is 19.6 Å². The summed E-state index contributed by atoms with van der Waals surface area (Å²) in [5.74, 6) is 0.598. The smallest absolute Gasteiger partial charge is 0.272 e. The van der Waals surface area contributed by atoms with Crippen LogP contribution in [-0.4, -0.2) is 64.9 Å². The minimum absolute atomic E-state index is 0.172. The van der Waals surface area contributed by atoms with Crippen molar-refractivity contribution in [3.05, 3.63) is 64.0 Å². The molecule has 0 N–H and O–H groups in total. The highest BCUT2D eigenvalue weighted by Gasteiger charge is 2.30. The maximum absolute atomic E-state index is 13.3. The molecule has 1 fully saturated rings. The average Bonchev–Trinajstić information content (AvgIpc) is 3.38. The normalized spacial score (nSPS) is 13.6. The van der Waals surface area contributed by atoms with Gasteiger partial charge in [0.05, 0.1) is 25.1 Å². The third-order valence-corrected chi connectivity index (χ3v) is 6.56. The maximum atomic E-state index is 13.3. The third-order valence-electron chi connectivity index (χ3n) is 5.83. The molecular formula is C25H26N4O5S. The van der Waals surface area contributed by atoms with E-state index in [1.807, 2.05) is 6.26 Å². The van der Waals surface area contributed by atoms with Crippen molar-refractivity contribution >= 4 is 40.6 Å². The lowest BCUT2D eigenvalue weighted by Gasteiger charge is -2.27. The molecule has 2 aromatic carbocycles. The number of hydrogen-bond donors (Lipinski definition) is 0. The fourth-order valence-electron chi connectivity index (χ4n) is 3.98. The van der Waals surface area contributed by atoms with Gasteiger partial charge in [-0.05, 0) is 55.2 Å². The topological polar surface area (TPSA) is 94.0 Å². The van der Waals surface area contributed by atoms with Gasteiger partial charge >= 0.3 is 0 Å². The monoisotopic (exact) mass is 494 g/mol. The molecule has 1 aliphatic heterocycles. The van der Waals surface area contributed by atoms with E-state index >= 15 is 0 Å². The Hall–Kier alpha value is -3.79. The van der Waals surface area contributed by atoms with Crippen molar-refractivity contribution in [1.29, 1.82) is 0 Å². The van der Waals surface area contributed by atoms with E-state index < -0.39 is 0 Å². The fraction of sp³-hybridized carbons (Fsp3) is 0.280. The Morgan fingerprint density at radius 2 is 1.83 bits per heavy atom. The molecule has 0 radical (unpaired) electrons. The number of hydrazine groups is 1. The Labute approximate surface area is 206 Å². The molecule has 35 heavy (non-hydrogen) atoms. The Bertz CT molecular complexity index is 1380. The van der Waals surface area contributed by atoms with Crippen LogP contribution in [0, 0.1) is 0 Å². The van der Waals surface area contributed by atoms with Gasteiger partial charge in [-0.2, -0.15) is 0 Å². The van der Waals surface area contributed by atoms with Crippen molar-refractivity contribution in [2.75, 3.05) is 33.6 Å². The number of fused-ring (bicyclic) bond motifs is 1. The first-order valence-corrected chi connectivity index (χ1v) is 12.2. The molecule has 1 aliphatic rings. The van der Waals surface area contributed by atoms with Crippen LogP contribution in [0.3, 0.4) is 0 Å². The van der Waals surface area contributed by atoms with Crippen molar-refractivity contribution in [3.63, 3.8) is 0 Å². The lowest BCUT2D eigenvalue weighted by molar-refractivity contribution is -0.134. The van der Waals surface area contributed by atoms with Gasteiger partial charge in [0.15, 0.2) is 5.16 Å². The summed E-state index contributed by atoms with van der Waals surface area (Å²) in [5, 5.41) is 3.86. The quantitative estimate of drug-likeness (QED) is 0.295. The number of thioether (sulfide) groups is 1. The van der Waals surface area contributed by atoms with Crippen LogP contribution >= 0.6 is 11.8 Å². The van der Waals surface area contributed by atoms with Gasteiger partial charge < -0.3 is 9.47 Å². The Balaban J connectivity index is 1.59. The maximum Gasteiger partial charge on any atom is 0.272 e. The van der Waals surface area contributed by atoms with E-state index in [-0.39, 0.29) is 17.4 Å². The lowest BCUT2D eigenvalue weighted by atomic mass is 10.1. The highest BCUT2D eigenvalue weighted by molar-refractivity contribution is 7.98. The van der Waals surface area contributed by atoms with Gasteiger partial charge in [-0.3, -0.25) is 19.0 Å². The molecule has 9 nitrogen and oxygen atoms in total. The molecule has 0 aliphatic carbocycles. The standard InChI is InChI=1S/C25H26N4O5S/c1-27-24(32)19-9-6-17(15-20(19)26-25(27)35-4)23(31)29-13-5-12-28(29)22(30)11-7-16-14-18(33-2)8-10-21(16)34-3/h6-11,14-15H,5,12-13H2,1-4H3/b11-7+. The van der Waals surface area contributed by atoms with Crippen LogP contribution in [0.4, 0.5) is 0 Å². The van der Waals surface area contributed by atoms with Gasteiger partial charge in [0.25, 0.3) is 17.4 Å². The van der Waals surface area contributed by atoms with Crippen LogP contribution < -0.4 is 15.0 Å². The molecule has 0 spiro atoms. The zero-order valence-corrected chi connectivity index (χ0v) is 20.8. The van der Waals surface area contributed by atoms with E-state index in [2.05, 4.69) is 4.98 Å². The van der Waals surface area contributed by atoms with Gasteiger partial charge in [0.1, 0.15) is 11.5 Å². The molecule has 2 amide bonds. The van der Waals surface area contributed by atoms with E-state index in [9.17, 15) is 14.4 Å². The first-order valence-electron chi connectivity index (χ1n) is 11.0. The van der Waals surface area contributed by atoms with Gasteiger partial charge in [-0.15, -0.1) is 0 Å². The van der Waals surface area contributed by atoms with Gasteiger partial charge in [0.2, 0.25) is 0 Å². The number of carbonyl (C=O) groups is 2. The van der Waals surface area contributed by atoms with Crippen molar-refractivity contribution in [2.24, 2.45) is 7.05 Å². The highest BCUT2D eigenvalue weighted by Crippen LogP contribution is 2.26. The molecule has 2 heterocycles. The molecule has 1 saturated heterocycles. The number of hydrogen-bond acceptors (Lipinski definition) is 7. The highest BCUT2D eigenvalue weighted by atomic mass is 32.2. The van der Waals surface area contributed by atoms with E-state index in [0.29, 0.717) is 58.2 Å². The second-order valence-electron chi connectivity index (χ2n) is 7.88. The summed E-state index contributed by atoms with van der Waals surface area (Å²) in [5.41, 5.74) is 1.33. The zero-order chi connectivity index (χ0) is 25.1. The minimum Gasteiger partial charge on any atom is -0.497 e. The van der Waals surface area contributed by atoms with Crippen LogP contribution in [0.15, 0.2) is 52.4 Å². The minimum atomic E-state index is -0.321. The Morgan fingerprint density at radius 3 is 2.54 bits per heavy atom. The molecular weight excluding hydrogens is 468 g/mol. The number of amides is 2. The molecule has 10 heteroatoms. The second kappa shape index (κ2) is 10.2. The number of rotatable bonds is 6. The van der Waals surface area contributed by atoms with Crippen LogP contribution in [0.1, 0.15) is 22.3 Å². The van der Waals surface area contributed by atoms with Crippen LogP contribution in [-0.2, 0) is 11.8 Å². The molecule has 182 valence electrons. The van der Waals surface area contributed by atoms with E-state index in [4.69, 9.17) is 9.47 Å². The molecule has 0 unspecified atom stereocenters. The first kappa shape index (κ1) is 24.3. The van der Waals surface area contributed by atoms with Gasteiger partial charge in [-0.1, -0.05) is 11.8 Å². The fourth-order valence-corrected chi connectivity index (χ4v) is 4.53. The summed E-state index contributed by atoms with van der Waals surface area (Å²) < 4.78 is 12.1. The van der Waals surface area contributed by atoms with Gasteiger partial charge in [0, 0.05) is 37.3 Å². The molecule has 3 aromatic rings. The molecule has 0 saturated carbocycles. The number of benzene rings is 2. The number of carbonyl (C=O) groups excluding carboxylic acids is 2. The SMILES string of the molecule is COc1ccc(OC)c(/C=C/C(=O)N2CCCN2C(=O)c2ccc3c(=O)n(C)c(SC)nc3c2)c1.